The van der Waals surface area contributed by atoms with Crippen molar-refractivity contribution < 1.29 is 23.9 Å². The highest BCUT2D eigenvalue weighted by molar-refractivity contribution is 6.67. The number of carbonyl (C=O) groups is 4. The number of hydrogen-bond donors (Lipinski definition) is 4. The van der Waals surface area contributed by atoms with E-state index >= 15 is 0 Å². The molecule has 5 N–H and O–H groups in total. The van der Waals surface area contributed by atoms with Crippen LogP contribution in [0.5, 0.6) is 0 Å². The molecule has 246 valence electrons. The van der Waals surface area contributed by atoms with Crippen LogP contribution in [0.1, 0.15) is 58.2 Å². The van der Waals surface area contributed by atoms with E-state index in [1.165, 1.54) is 17.5 Å². The number of hydrazine groups is 1. The number of carbonyl (C=O) groups excluding carboxylic acids is 4. The van der Waals surface area contributed by atoms with E-state index in [-0.39, 0.29) is 13.0 Å². The van der Waals surface area contributed by atoms with E-state index in [2.05, 4.69) is 40.1 Å². The van der Waals surface area contributed by atoms with Gasteiger partial charge in [0.25, 0.3) is 5.91 Å². The van der Waals surface area contributed by atoms with Gasteiger partial charge in [-0.3, -0.25) is 29.2 Å². The molecule has 0 saturated carbocycles. The van der Waals surface area contributed by atoms with Crippen LogP contribution in [0.15, 0.2) is 36.5 Å². The van der Waals surface area contributed by atoms with Gasteiger partial charge in [0.2, 0.25) is 15.6 Å². The molecule has 0 aliphatic carbocycles. The summed E-state index contributed by atoms with van der Waals surface area (Å²) in [4.78, 5) is 56.5. The van der Waals surface area contributed by atoms with E-state index in [0.717, 1.165) is 17.2 Å². The van der Waals surface area contributed by atoms with Crippen molar-refractivity contribution in [3.63, 3.8) is 0 Å². The summed E-state index contributed by atoms with van der Waals surface area (Å²) in [7, 11) is 0. The molecule has 0 spiro atoms. The highest BCUT2D eigenvalue weighted by Crippen LogP contribution is 2.26. The number of aromatic nitrogens is 1. The lowest BCUT2D eigenvalue weighted by Crippen LogP contribution is -2.61. The van der Waals surface area contributed by atoms with E-state index in [4.69, 9.17) is 45.3 Å². The van der Waals surface area contributed by atoms with Gasteiger partial charge in [-0.25, -0.2) is 5.43 Å². The van der Waals surface area contributed by atoms with Gasteiger partial charge in [-0.05, 0) is 76.1 Å². The summed E-state index contributed by atoms with van der Waals surface area (Å²) in [5.74, 6) is -2.10. The number of pyridine rings is 1. The zero-order chi connectivity index (χ0) is 33.4. The molecule has 1 aliphatic rings. The predicted molar refractivity (Wildman–Crippen MR) is 176 cm³/mol. The van der Waals surface area contributed by atoms with Crippen molar-refractivity contribution in [1.82, 2.24) is 26.1 Å². The number of nitrogens with two attached hydrogens (primary N) is 1. The molecular weight excluding hydrogens is 643 g/mol. The Kier molecular flexibility index (Phi) is 13.0. The lowest BCUT2D eigenvalue weighted by molar-refractivity contribution is -0.152. The normalized spacial score (nSPS) is 17.2. The molecule has 11 nitrogen and oxygen atoms in total. The molecule has 14 heteroatoms. The maximum absolute atomic E-state index is 13.3. The van der Waals surface area contributed by atoms with Crippen molar-refractivity contribution in [1.29, 1.82) is 0 Å². The Morgan fingerprint density at radius 2 is 1.91 bits per heavy atom. The molecule has 45 heavy (non-hydrogen) atoms. The van der Waals surface area contributed by atoms with Crippen molar-refractivity contribution in [3.05, 3.63) is 47.8 Å². The minimum absolute atomic E-state index is 0.128. The summed E-state index contributed by atoms with van der Waals surface area (Å²) in [6, 6.07) is 5.43. The molecule has 1 aromatic heterocycles. The quantitative estimate of drug-likeness (QED) is 0.196. The van der Waals surface area contributed by atoms with Crippen LogP contribution in [0.3, 0.4) is 0 Å². The van der Waals surface area contributed by atoms with E-state index in [9.17, 15) is 19.2 Å². The number of benzene rings is 1. The van der Waals surface area contributed by atoms with Crippen LogP contribution in [0.4, 0.5) is 0 Å². The highest BCUT2D eigenvalue weighted by atomic mass is 35.6. The summed E-state index contributed by atoms with van der Waals surface area (Å²) in [6.45, 7) is 7.08. The molecule has 2 aromatic rings. The first-order valence-electron chi connectivity index (χ1n) is 14.8. The van der Waals surface area contributed by atoms with Crippen molar-refractivity contribution in [2.75, 3.05) is 19.7 Å². The van der Waals surface area contributed by atoms with Gasteiger partial charge in [-0.2, -0.15) is 0 Å². The number of nitrogens with zero attached hydrogens (tertiary/aromatic N) is 2. The van der Waals surface area contributed by atoms with Gasteiger partial charge in [-0.15, -0.1) is 0 Å². The standard InChI is InChI=1S/C31H41Cl3N6O5/c1-5-20-8-9-21-17-36-23(16-22(21)15-20)10-12-30(3,4)29(44)38-24(11-13-35)26(41)37-19(2)27(42)40-14-6-7-25(39-40)28(43)45-18-31(32,33)34/h8-10,12,15-17,19,24-25,39H,5-7,11,13-14,18,35H2,1-4H3,(H,37,41)(H,38,44)/b12-10+. The zero-order valence-electron chi connectivity index (χ0n) is 25.9. The number of alkyl halides is 3. The first-order valence-corrected chi connectivity index (χ1v) is 16.0. The smallest absolute Gasteiger partial charge is 0.325 e. The van der Waals surface area contributed by atoms with Gasteiger partial charge in [-0.1, -0.05) is 66.0 Å². The largest absolute Gasteiger partial charge is 0.460 e. The molecule has 3 unspecified atom stereocenters. The van der Waals surface area contributed by atoms with Crippen LogP contribution in [-0.4, -0.2) is 75.3 Å². The third-order valence-electron chi connectivity index (χ3n) is 7.39. The van der Waals surface area contributed by atoms with Gasteiger partial charge in [0, 0.05) is 18.1 Å². The predicted octanol–water partition coefficient (Wildman–Crippen LogP) is 3.58. The van der Waals surface area contributed by atoms with Gasteiger partial charge in [0.15, 0.2) is 0 Å². The van der Waals surface area contributed by atoms with Crippen molar-refractivity contribution in [2.45, 2.75) is 75.3 Å². The lowest BCUT2D eigenvalue weighted by Gasteiger charge is -2.34. The Balaban J connectivity index is 1.60. The number of esters is 1. The fourth-order valence-corrected chi connectivity index (χ4v) is 4.81. The van der Waals surface area contributed by atoms with E-state index in [1.54, 1.807) is 32.2 Å². The number of halogens is 3. The van der Waals surface area contributed by atoms with Crippen molar-refractivity contribution >= 4 is 75.3 Å². The molecule has 0 radical (unpaired) electrons. The lowest BCUT2D eigenvalue weighted by atomic mass is 9.90. The molecule has 0 bridgehead atoms. The minimum atomic E-state index is -1.76. The number of rotatable bonds is 12. The van der Waals surface area contributed by atoms with Crippen LogP contribution in [0.2, 0.25) is 0 Å². The number of hydrogen-bond acceptors (Lipinski definition) is 8. The molecule has 1 fully saturated rings. The molecule has 3 rings (SSSR count). The Bertz CT molecular complexity index is 1410. The Morgan fingerprint density at radius 3 is 2.58 bits per heavy atom. The average Bonchev–Trinajstić information content (AvgIpc) is 3.01. The zero-order valence-corrected chi connectivity index (χ0v) is 28.1. The molecule has 1 saturated heterocycles. The van der Waals surface area contributed by atoms with Crippen LogP contribution < -0.4 is 21.8 Å². The van der Waals surface area contributed by atoms with Gasteiger partial charge < -0.3 is 21.1 Å². The van der Waals surface area contributed by atoms with Crippen LogP contribution in [0.25, 0.3) is 16.8 Å². The monoisotopic (exact) mass is 682 g/mol. The Labute approximate surface area is 278 Å². The first kappa shape index (κ1) is 36.5. The van der Waals surface area contributed by atoms with Gasteiger partial charge in [0.05, 0.1) is 11.1 Å². The van der Waals surface area contributed by atoms with Gasteiger partial charge in [0.1, 0.15) is 24.7 Å². The summed E-state index contributed by atoms with van der Waals surface area (Å²) in [5, 5.41) is 8.77. The summed E-state index contributed by atoms with van der Waals surface area (Å²) in [5.41, 5.74) is 9.50. The molecule has 3 atom stereocenters. The Hall–Kier alpha value is -2.96. The van der Waals surface area contributed by atoms with Crippen molar-refractivity contribution in [3.8, 4) is 0 Å². The van der Waals surface area contributed by atoms with Crippen LogP contribution in [-0.2, 0) is 30.3 Å². The minimum Gasteiger partial charge on any atom is -0.460 e. The maximum atomic E-state index is 13.3. The molecule has 3 amide bonds. The van der Waals surface area contributed by atoms with E-state index in [1.807, 2.05) is 12.1 Å². The number of nitrogens with one attached hydrogen (secondary N) is 3. The molecular formula is C31H41Cl3N6O5. The first-order chi connectivity index (χ1) is 21.1. The second kappa shape index (κ2) is 16.0. The number of fused-ring (bicyclic) bond motifs is 1. The molecule has 1 aromatic carbocycles. The SMILES string of the molecule is CCc1ccc2cnc(/C=C/C(C)(C)C(=O)NC(CCN)C(=O)NC(C)C(=O)N3CCCC(C(=O)OCC(Cl)(Cl)Cl)N3)cc2c1. The average molecular weight is 684 g/mol. The van der Waals surface area contributed by atoms with E-state index in [0.29, 0.717) is 25.1 Å². The third kappa shape index (κ3) is 10.8. The number of aryl methyl sites for hydroxylation is 1. The fraction of sp³-hybridized carbons (Fsp3) is 0.516. The molecule has 1 aliphatic heterocycles. The van der Waals surface area contributed by atoms with Crippen molar-refractivity contribution in [2.24, 2.45) is 11.1 Å². The van der Waals surface area contributed by atoms with Gasteiger partial charge >= 0.3 is 5.97 Å². The number of ether oxygens (including phenoxy) is 1. The summed E-state index contributed by atoms with van der Waals surface area (Å²) in [6.07, 6.45) is 7.31. The van der Waals surface area contributed by atoms with Crippen LogP contribution >= 0.6 is 34.8 Å². The van der Waals surface area contributed by atoms with E-state index < -0.39 is 57.6 Å². The summed E-state index contributed by atoms with van der Waals surface area (Å²) >= 11 is 16.9. The van der Waals surface area contributed by atoms with Crippen LogP contribution in [0, 0.1) is 5.41 Å². The maximum Gasteiger partial charge on any atom is 0.325 e. The highest BCUT2D eigenvalue weighted by Gasteiger charge is 2.34. The summed E-state index contributed by atoms with van der Waals surface area (Å²) < 4.78 is 3.27. The topological polar surface area (TPSA) is 156 Å². The molecule has 2 heterocycles. The second-order valence-electron chi connectivity index (χ2n) is 11.6. The Morgan fingerprint density at radius 1 is 1.18 bits per heavy atom. The third-order valence-corrected chi connectivity index (χ3v) is 7.72. The second-order valence-corrected chi connectivity index (χ2v) is 14.1. The fourth-order valence-electron chi connectivity index (χ4n) is 4.65. The number of amides is 3.